The summed E-state index contributed by atoms with van der Waals surface area (Å²) in [4.78, 5) is 0. The minimum absolute atomic E-state index is 0.0288. The van der Waals surface area contributed by atoms with Gasteiger partial charge in [-0.1, -0.05) is 13.0 Å². The Kier molecular flexibility index (Phi) is 5.59. The topological polar surface area (TPSA) is 21.3 Å². The molecule has 3 heteroatoms. The van der Waals surface area contributed by atoms with Gasteiger partial charge in [-0.15, -0.1) is 0 Å². The largest absolute Gasteiger partial charge is 0.377 e. The van der Waals surface area contributed by atoms with E-state index in [1.54, 1.807) is 6.07 Å². The van der Waals surface area contributed by atoms with Crippen molar-refractivity contribution < 1.29 is 9.13 Å². The first-order valence-electron chi connectivity index (χ1n) is 6.20. The zero-order valence-corrected chi connectivity index (χ0v) is 11.1. The fourth-order valence-corrected chi connectivity index (χ4v) is 2.08. The number of aryl methyl sites for hydroxylation is 1. The highest BCUT2D eigenvalue weighted by atomic mass is 19.1. The summed E-state index contributed by atoms with van der Waals surface area (Å²) < 4.78 is 19.0. The van der Waals surface area contributed by atoms with E-state index in [4.69, 9.17) is 4.74 Å². The maximum atomic E-state index is 13.4. The second-order valence-electron chi connectivity index (χ2n) is 4.26. The molecule has 0 fully saturated rings. The van der Waals surface area contributed by atoms with Crippen LogP contribution in [0, 0.1) is 12.7 Å². The number of nitrogens with one attached hydrogen (secondary N) is 1. The van der Waals surface area contributed by atoms with E-state index in [0.29, 0.717) is 6.61 Å². The second kappa shape index (κ2) is 6.72. The molecule has 96 valence electrons. The molecule has 0 aliphatic heterocycles. The molecule has 0 aliphatic carbocycles. The summed E-state index contributed by atoms with van der Waals surface area (Å²) in [5.74, 6) is -0.188. The number of likely N-dealkylation sites (N-methyl/N-ethyl adjacent to an activating group) is 1. The number of hydrogen-bond donors (Lipinski definition) is 1. The lowest BCUT2D eigenvalue weighted by molar-refractivity contribution is 0.0476. The summed E-state index contributed by atoms with van der Waals surface area (Å²) in [7, 11) is 0. The molecule has 1 N–H and O–H groups in total. The van der Waals surface area contributed by atoms with Crippen LogP contribution >= 0.6 is 0 Å². The van der Waals surface area contributed by atoms with Crippen LogP contribution < -0.4 is 5.32 Å². The summed E-state index contributed by atoms with van der Waals surface area (Å²) in [6, 6.07) is 5.16. The maximum absolute atomic E-state index is 13.4. The Labute approximate surface area is 103 Å². The van der Waals surface area contributed by atoms with Crippen LogP contribution in [0.15, 0.2) is 18.2 Å². The molecule has 0 saturated carbocycles. The SMILES string of the molecule is CCNC(c1cc(C)cc(F)c1)C(C)OCC. The molecule has 1 aromatic carbocycles. The van der Waals surface area contributed by atoms with Gasteiger partial charge in [-0.3, -0.25) is 0 Å². The Morgan fingerprint density at radius 1 is 1.29 bits per heavy atom. The predicted molar refractivity (Wildman–Crippen MR) is 68.6 cm³/mol. The van der Waals surface area contributed by atoms with E-state index in [1.165, 1.54) is 6.07 Å². The van der Waals surface area contributed by atoms with Crippen LogP contribution in [0.5, 0.6) is 0 Å². The van der Waals surface area contributed by atoms with Crippen molar-refractivity contribution in [3.63, 3.8) is 0 Å². The molecule has 0 aliphatic rings. The van der Waals surface area contributed by atoms with Crippen LogP contribution in [-0.4, -0.2) is 19.3 Å². The number of benzene rings is 1. The molecule has 0 radical (unpaired) electrons. The third-order valence-electron chi connectivity index (χ3n) is 2.75. The van der Waals surface area contributed by atoms with Crippen LogP contribution in [0.3, 0.4) is 0 Å². The van der Waals surface area contributed by atoms with Gasteiger partial charge in [0.2, 0.25) is 0 Å². The summed E-state index contributed by atoms with van der Waals surface area (Å²) in [6.45, 7) is 9.42. The van der Waals surface area contributed by atoms with E-state index < -0.39 is 0 Å². The van der Waals surface area contributed by atoms with Crippen LogP contribution in [0.1, 0.15) is 37.9 Å². The van der Waals surface area contributed by atoms with Crippen molar-refractivity contribution in [2.24, 2.45) is 0 Å². The molecule has 1 rings (SSSR count). The standard InChI is InChI=1S/C14H22FNO/c1-5-16-14(11(4)17-6-2)12-7-10(3)8-13(15)9-12/h7-9,11,14,16H,5-6H2,1-4H3. The average Bonchev–Trinajstić information content (AvgIpc) is 2.24. The quantitative estimate of drug-likeness (QED) is 0.823. The highest BCUT2D eigenvalue weighted by molar-refractivity contribution is 5.27. The van der Waals surface area contributed by atoms with Gasteiger partial charge in [-0.25, -0.2) is 4.39 Å². The molecule has 0 spiro atoms. The van der Waals surface area contributed by atoms with Crippen molar-refractivity contribution >= 4 is 0 Å². The molecule has 0 heterocycles. The first-order valence-corrected chi connectivity index (χ1v) is 6.20. The monoisotopic (exact) mass is 239 g/mol. The first-order chi connectivity index (χ1) is 8.08. The summed E-state index contributed by atoms with van der Waals surface area (Å²) in [6.07, 6.45) is 0.0288. The second-order valence-corrected chi connectivity index (χ2v) is 4.26. The number of ether oxygens (including phenoxy) is 1. The molecule has 2 nitrogen and oxygen atoms in total. The summed E-state index contributed by atoms with van der Waals surface area (Å²) in [5, 5.41) is 3.35. The molecule has 2 atom stereocenters. The van der Waals surface area contributed by atoms with E-state index in [9.17, 15) is 4.39 Å². The fraction of sp³-hybridized carbons (Fsp3) is 0.571. The van der Waals surface area contributed by atoms with E-state index in [0.717, 1.165) is 17.7 Å². The Hall–Kier alpha value is -0.930. The lowest BCUT2D eigenvalue weighted by Gasteiger charge is -2.25. The smallest absolute Gasteiger partial charge is 0.123 e. The van der Waals surface area contributed by atoms with Crippen molar-refractivity contribution in [1.82, 2.24) is 5.32 Å². The van der Waals surface area contributed by atoms with Crippen molar-refractivity contribution in [3.8, 4) is 0 Å². The van der Waals surface area contributed by atoms with Gasteiger partial charge < -0.3 is 10.1 Å². The summed E-state index contributed by atoms with van der Waals surface area (Å²) in [5.41, 5.74) is 1.89. The highest BCUT2D eigenvalue weighted by Crippen LogP contribution is 2.21. The van der Waals surface area contributed by atoms with Crippen LogP contribution in [0.4, 0.5) is 4.39 Å². The Bertz CT molecular complexity index is 334. The van der Waals surface area contributed by atoms with Crippen LogP contribution in [-0.2, 0) is 4.74 Å². The van der Waals surface area contributed by atoms with Crippen LogP contribution in [0.25, 0.3) is 0 Å². The van der Waals surface area contributed by atoms with Gasteiger partial charge in [0.15, 0.2) is 0 Å². The van der Waals surface area contributed by atoms with Crippen molar-refractivity contribution in [2.45, 2.75) is 39.8 Å². The molecule has 0 aromatic heterocycles. The maximum Gasteiger partial charge on any atom is 0.123 e. The van der Waals surface area contributed by atoms with Gasteiger partial charge in [0.1, 0.15) is 5.82 Å². The Morgan fingerprint density at radius 2 is 2.00 bits per heavy atom. The molecule has 1 aromatic rings. The fourth-order valence-electron chi connectivity index (χ4n) is 2.08. The lowest BCUT2D eigenvalue weighted by Crippen LogP contribution is -2.32. The van der Waals surface area contributed by atoms with Gasteiger partial charge in [0.05, 0.1) is 12.1 Å². The zero-order chi connectivity index (χ0) is 12.8. The van der Waals surface area contributed by atoms with Crippen molar-refractivity contribution in [2.75, 3.05) is 13.2 Å². The van der Waals surface area contributed by atoms with E-state index in [2.05, 4.69) is 5.32 Å². The highest BCUT2D eigenvalue weighted by Gasteiger charge is 2.19. The van der Waals surface area contributed by atoms with Gasteiger partial charge in [-0.05, 0) is 50.6 Å². The normalized spacial score (nSPS) is 14.6. The lowest BCUT2D eigenvalue weighted by atomic mass is 10.00. The third kappa shape index (κ3) is 4.10. The number of hydrogen-bond acceptors (Lipinski definition) is 2. The van der Waals surface area contributed by atoms with E-state index >= 15 is 0 Å². The molecule has 17 heavy (non-hydrogen) atoms. The Balaban J connectivity index is 2.95. The number of rotatable bonds is 6. The van der Waals surface area contributed by atoms with Gasteiger partial charge in [0.25, 0.3) is 0 Å². The van der Waals surface area contributed by atoms with Crippen molar-refractivity contribution in [1.29, 1.82) is 0 Å². The van der Waals surface area contributed by atoms with Gasteiger partial charge in [0, 0.05) is 6.61 Å². The molecule has 0 bridgehead atoms. The predicted octanol–water partition coefficient (Wildman–Crippen LogP) is 3.21. The number of halogens is 1. The average molecular weight is 239 g/mol. The van der Waals surface area contributed by atoms with E-state index in [-0.39, 0.29) is 18.0 Å². The molecular formula is C14H22FNO. The Morgan fingerprint density at radius 3 is 2.53 bits per heavy atom. The third-order valence-corrected chi connectivity index (χ3v) is 2.75. The molecular weight excluding hydrogens is 217 g/mol. The molecule has 0 saturated heterocycles. The van der Waals surface area contributed by atoms with Gasteiger partial charge >= 0.3 is 0 Å². The summed E-state index contributed by atoms with van der Waals surface area (Å²) >= 11 is 0. The molecule has 0 amide bonds. The van der Waals surface area contributed by atoms with Gasteiger partial charge in [-0.2, -0.15) is 0 Å². The zero-order valence-electron chi connectivity index (χ0n) is 11.1. The minimum atomic E-state index is -0.188. The van der Waals surface area contributed by atoms with Crippen LogP contribution in [0.2, 0.25) is 0 Å². The minimum Gasteiger partial charge on any atom is -0.377 e. The first kappa shape index (κ1) is 14.1. The molecule has 2 unspecified atom stereocenters. The van der Waals surface area contributed by atoms with Crippen molar-refractivity contribution in [3.05, 3.63) is 35.1 Å². The van der Waals surface area contributed by atoms with E-state index in [1.807, 2.05) is 33.8 Å².